The largest absolute Gasteiger partial charge is 0.508 e. The maximum Gasteiger partial charge on any atom is 0.255 e. The molecule has 43 heavy (non-hydrogen) atoms. The zero-order valence-electron chi connectivity index (χ0n) is 25.0. The summed E-state index contributed by atoms with van der Waals surface area (Å²) in [4.78, 5) is 41.1. The second kappa shape index (κ2) is 10.5. The lowest BCUT2D eigenvalue weighted by atomic mass is 9.54. The van der Waals surface area contributed by atoms with Gasteiger partial charge in [0.2, 0.25) is 5.78 Å². The number of aliphatic hydroxyl groups is 4. The van der Waals surface area contributed by atoms with Crippen LogP contribution in [0.25, 0.3) is 5.76 Å². The van der Waals surface area contributed by atoms with Crippen LogP contribution in [0.15, 0.2) is 53.3 Å². The summed E-state index contributed by atoms with van der Waals surface area (Å²) in [6.07, 6.45) is 9.27. The molecule has 4 aliphatic carbocycles. The van der Waals surface area contributed by atoms with Crippen molar-refractivity contribution in [2.75, 3.05) is 14.1 Å². The van der Waals surface area contributed by atoms with Gasteiger partial charge in [-0.1, -0.05) is 63.6 Å². The smallest absolute Gasteiger partial charge is 0.255 e. The third-order valence-electron chi connectivity index (χ3n) is 10.0. The molecule has 6 atom stereocenters. The first-order chi connectivity index (χ1) is 20.1. The molecule has 1 aromatic carbocycles. The molecule has 10 heteroatoms. The van der Waals surface area contributed by atoms with Crippen molar-refractivity contribution in [3.05, 3.63) is 70.0 Å². The number of carbonyl (C=O) groups is 3. The first-order valence-electron chi connectivity index (χ1n) is 14.6. The van der Waals surface area contributed by atoms with Crippen molar-refractivity contribution < 1.29 is 39.9 Å². The number of benzene rings is 1. The molecule has 10 nitrogen and oxygen atoms in total. The summed E-state index contributed by atoms with van der Waals surface area (Å²) in [6, 6.07) is 2.18. The lowest BCUT2D eigenvalue weighted by Crippen LogP contribution is -2.70. The van der Waals surface area contributed by atoms with Gasteiger partial charge < -0.3 is 31.3 Å². The van der Waals surface area contributed by atoms with Gasteiger partial charge in [-0.25, -0.2) is 0 Å². The predicted molar refractivity (Wildman–Crippen MR) is 159 cm³/mol. The van der Waals surface area contributed by atoms with Gasteiger partial charge in [0.15, 0.2) is 11.4 Å². The molecule has 4 aliphatic rings. The first kappa shape index (κ1) is 30.7. The second-order valence-electron chi connectivity index (χ2n) is 13.2. The Balaban J connectivity index is 1.63. The standard InChI is InChI=1S/C33H40N2O8/c1-15-17-12-13-18(32(2,3)14-8-11-16-9-6-7-10-16)25(36)20(17)26(37)21-19(15)27(38)23-24(35(4)5)28(39)22(31(34)42)30(41)33(23,43)29(21)40/h6-7,9-10,12-13,15-16,19,23-24,27,36-38,41,43H,8,11,14H2,1-5H3,(H2,34,42)/t15-,19+,23+,24-,27-,33-/m0/s1. The van der Waals surface area contributed by atoms with Gasteiger partial charge in [0.1, 0.15) is 22.8 Å². The summed E-state index contributed by atoms with van der Waals surface area (Å²) in [5, 5.41) is 57.9. The number of primary amides is 1. The van der Waals surface area contributed by atoms with Crippen LogP contribution in [0.2, 0.25) is 0 Å². The Hall–Kier alpha value is -3.73. The number of ketones is 2. The minimum Gasteiger partial charge on any atom is -0.508 e. The van der Waals surface area contributed by atoms with Crippen LogP contribution < -0.4 is 5.73 Å². The molecular formula is C33H40N2O8. The Morgan fingerprint density at radius 1 is 1.09 bits per heavy atom. The van der Waals surface area contributed by atoms with Gasteiger partial charge >= 0.3 is 0 Å². The van der Waals surface area contributed by atoms with Crippen molar-refractivity contribution in [2.45, 2.75) is 69.1 Å². The molecule has 0 aliphatic heterocycles. The van der Waals surface area contributed by atoms with E-state index in [9.17, 15) is 39.9 Å². The molecule has 0 bridgehead atoms. The van der Waals surface area contributed by atoms with Gasteiger partial charge in [-0.05, 0) is 49.8 Å². The quantitative estimate of drug-likeness (QED) is 0.259. The Morgan fingerprint density at radius 2 is 1.72 bits per heavy atom. The van der Waals surface area contributed by atoms with Crippen LogP contribution in [0.1, 0.15) is 62.6 Å². The summed E-state index contributed by atoms with van der Waals surface area (Å²) < 4.78 is 0. The van der Waals surface area contributed by atoms with Crippen LogP contribution in [-0.2, 0) is 19.8 Å². The van der Waals surface area contributed by atoms with Crippen molar-refractivity contribution in [1.29, 1.82) is 0 Å². The molecule has 0 radical (unpaired) electrons. The van der Waals surface area contributed by atoms with Gasteiger partial charge in [-0.3, -0.25) is 19.3 Å². The van der Waals surface area contributed by atoms with Crippen molar-refractivity contribution >= 4 is 23.2 Å². The molecule has 1 aromatic rings. The van der Waals surface area contributed by atoms with E-state index in [1.165, 1.54) is 19.0 Å². The van der Waals surface area contributed by atoms with Crippen LogP contribution in [-0.4, -0.2) is 79.7 Å². The highest BCUT2D eigenvalue weighted by molar-refractivity contribution is 6.24. The third kappa shape index (κ3) is 4.38. The van der Waals surface area contributed by atoms with Crippen LogP contribution in [0, 0.1) is 17.8 Å². The molecular weight excluding hydrogens is 552 g/mol. The number of allylic oxidation sites excluding steroid dienone is 4. The summed E-state index contributed by atoms with van der Waals surface area (Å²) in [5.74, 6) is -8.45. The highest BCUT2D eigenvalue weighted by Gasteiger charge is 2.68. The lowest BCUT2D eigenvalue weighted by Gasteiger charge is -2.53. The molecule has 5 rings (SSSR count). The van der Waals surface area contributed by atoms with Crippen LogP contribution in [0.5, 0.6) is 5.75 Å². The maximum atomic E-state index is 14.2. The Morgan fingerprint density at radius 3 is 2.30 bits per heavy atom. The number of hydrogen-bond donors (Lipinski definition) is 6. The topological polar surface area (TPSA) is 182 Å². The monoisotopic (exact) mass is 592 g/mol. The number of phenolic OH excluding ortho intramolecular Hbond substituents is 1. The number of aliphatic hydroxyl groups excluding tert-OH is 3. The summed E-state index contributed by atoms with van der Waals surface area (Å²) in [5.41, 5.74) is 1.69. The number of carbonyl (C=O) groups excluding carboxylic acids is 3. The molecule has 1 amide bonds. The Bertz CT molecular complexity index is 1520. The first-order valence-corrected chi connectivity index (χ1v) is 14.6. The molecule has 230 valence electrons. The number of phenols is 1. The van der Waals surface area contributed by atoms with E-state index in [2.05, 4.69) is 12.2 Å². The fourth-order valence-corrected chi connectivity index (χ4v) is 7.75. The fourth-order valence-electron chi connectivity index (χ4n) is 7.75. The van der Waals surface area contributed by atoms with Crippen molar-refractivity contribution in [1.82, 2.24) is 4.90 Å². The minimum absolute atomic E-state index is 0.0169. The van der Waals surface area contributed by atoms with Crippen molar-refractivity contribution in [3.8, 4) is 5.75 Å². The highest BCUT2D eigenvalue weighted by Crippen LogP contribution is 2.57. The van der Waals surface area contributed by atoms with Gasteiger partial charge in [0, 0.05) is 17.1 Å². The van der Waals surface area contributed by atoms with Crippen LogP contribution >= 0.6 is 0 Å². The molecule has 0 aromatic heterocycles. The third-order valence-corrected chi connectivity index (χ3v) is 10.0. The number of amides is 1. The van der Waals surface area contributed by atoms with E-state index >= 15 is 0 Å². The van der Waals surface area contributed by atoms with E-state index in [4.69, 9.17) is 5.73 Å². The number of hydrogen-bond acceptors (Lipinski definition) is 9. The van der Waals surface area contributed by atoms with Crippen molar-refractivity contribution in [3.63, 3.8) is 0 Å². The molecule has 0 spiro atoms. The number of Topliss-reactive ketones (excluding diaryl/α,β-unsaturated/α-hetero) is 2. The molecule has 7 N–H and O–H groups in total. The number of likely N-dealkylation sites (N-methyl/N-ethyl adjacent to an activating group) is 1. The van der Waals surface area contributed by atoms with E-state index < -0.39 is 81.1 Å². The summed E-state index contributed by atoms with van der Waals surface area (Å²) >= 11 is 0. The number of nitrogens with two attached hydrogens (primary N) is 1. The van der Waals surface area contributed by atoms with Crippen LogP contribution in [0.3, 0.4) is 0 Å². The SMILES string of the molecule is C[C@H]1c2ccc(C(C)(C)CCCC3C=CC=C3)c(O)c2C(O)=C2C(=O)[C@]3(O)C(O)=C(C(N)=O)C(=O)[C@@H](N(C)C)[C@@H]3[C@@H](O)[C@@H]21. The van der Waals surface area contributed by atoms with Crippen LogP contribution in [0.4, 0.5) is 0 Å². The summed E-state index contributed by atoms with van der Waals surface area (Å²) in [6.45, 7) is 5.71. The van der Waals surface area contributed by atoms with Gasteiger partial charge in [0.25, 0.3) is 5.91 Å². The maximum absolute atomic E-state index is 14.2. The number of rotatable bonds is 7. The molecule has 0 saturated heterocycles. The van der Waals surface area contributed by atoms with Gasteiger partial charge in [0.05, 0.1) is 23.6 Å². The number of aromatic hydroxyl groups is 1. The molecule has 0 heterocycles. The average Bonchev–Trinajstić information content (AvgIpc) is 3.43. The van der Waals surface area contributed by atoms with E-state index in [0.717, 1.165) is 19.3 Å². The summed E-state index contributed by atoms with van der Waals surface area (Å²) in [7, 11) is 2.96. The van der Waals surface area contributed by atoms with Crippen molar-refractivity contribution in [2.24, 2.45) is 23.5 Å². The minimum atomic E-state index is -2.93. The van der Waals surface area contributed by atoms with Gasteiger partial charge in [-0.2, -0.15) is 0 Å². The van der Waals surface area contributed by atoms with E-state index in [0.29, 0.717) is 17.0 Å². The highest BCUT2D eigenvalue weighted by atomic mass is 16.4. The Labute approximate surface area is 250 Å². The van der Waals surface area contributed by atoms with E-state index in [1.54, 1.807) is 19.1 Å². The average molecular weight is 593 g/mol. The zero-order chi connectivity index (χ0) is 31.8. The number of fused-ring (bicyclic) bond motifs is 3. The lowest BCUT2D eigenvalue weighted by molar-refractivity contribution is -0.169. The molecule has 1 fully saturated rings. The Kier molecular flexibility index (Phi) is 7.48. The molecule has 1 saturated carbocycles. The van der Waals surface area contributed by atoms with E-state index in [-0.39, 0.29) is 11.3 Å². The zero-order valence-corrected chi connectivity index (χ0v) is 25.0. The molecule has 0 unspecified atom stereocenters. The second-order valence-corrected chi connectivity index (χ2v) is 13.2. The normalized spacial score (nSPS) is 30.7. The van der Waals surface area contributed by atoms with E-state index in [1.807, 2.05) is 26.0 Å². The van der Waals surface area contributed by atoms with Gasteiger partial charge in [-0.15, -0.1) is 0 Å². The fraction of sp³-hybridized carbons (Fsp3) is 0.485. The predicted octanol–water partition coefficient (Wildman–Crippen LogP) is 2.69. The number of nitrogens with zero attached hydrogens (tertiary/aromatic N) is 1.